The highest BCUT2D eigenvalue weighted by atomic mass is 35.5. The quantitative estimate of drug-likeness (QED) is 0.722. The SMILES string of the molecule is CC[C@H]1C[C@@H](O)CC2(CCN(C(=O)c3ccc(OC)cc3OCCN)CC2)O1.Cl. The van der Waals surface area contributed by atoms with E-state index in [0.29, 0.717) is 56.1 Å². The molecular weight excluding hydrogens is 396 g/mol. The summed E-state index contributed by atoms with van der Waals surface area (Å²) in [5, 5.41) is 10.3. The molecule has 29 heavy (non-hydrogen) atoms. The molecule has 2 aliphatic heterocycles. The van der Waals surface area contributed by atoms with Crippen LogP contribution >= 0.6 is 12.4 Å². The van der Waals surface area contributed by atoms with Crippen LogP contribution in [0.1, 0.15) is 49.4 Å². The molecule has 0 aliphatic carbocycles. The molecule has 0 unspecified atom stereocenters. The predicted octanol–water partition coefficient (Wildman–Crippen LogP) is 2.38. The number of hydrogen-bond donors (Lipinski definition) is 2. The molecule has 7 nitrogen and oxygen atoms in total. The highest BCUT2D eigenvalue weighted by Gasteiger charge is 2.43. The fourth-order valence-electron chi connectivity index (χ4n) is 4.22. The molecule has 0 saturated carbocycles. The van der Waals surface area contributed by atoms with Gasteiger partial charge >= 0.3 is 0 Å². The van der Waals surface area contributed by atoms with Crippen LogP contribution in [0.25, 0.3) is 0 Å². The topological polar surface area (TPSA) is 94.2 Å². The Kier molecular flexibility index (Phi) is 8.58. The van der Waals surface area contributed by atoms with Gasteiger partial charge in [0, 0.05) is 32.1 Å². The Morgan fingerprint density at radius 1 is 1.38 bits per heavy atom. The molecule has 0 radical (unpaired) electrons. The van der Waals surface area contributed by atoms with E-state index < -0.39 is 0 Å². The number of methoxy groups -OCH3 is 1. The summed E-state index contributed by atoms with van der Waals surface area (Å²) in [6.07, 6.45) is 3.51. The Balaban J connectivity index is 0.00000300. The third-order valence-corrected chi connectivity index (χ3v) is 5.77. The summed E-state index contributed by atoms with van der Waals surface area (Å²) >= 11 is 0. The number of likely N-dealkylation sites (tertiary alicyclic amines) is 1. The molecule has 0 aromatic heterocycles. The van der Waals surface area contributed by atoms with Gasteiger partial charge in [-0.1, -0.05) is 6.92 Å². The van der Waals surface area contributed by atoms with E-state index >= 15 is 0 Å². The lowest BCUT2D eigenvalue weighted by atomic mass is 9.81. The Morgan fingerprint density at radius 2 is 2.10 bits per heavy atom. The molecule has 1 aromatic carbocycles. The molecule has 1 spiro atoms. The highest BCUT2D eigenvalue weighted by Crippen LogP contribution is 2.39. The van der Waals surface area contributed by atoms with Crippen molar-refractivity contribution in [2.45, 2.75) is 56.8 Å². The maximum Gasteiger partial charge on any atom is 0.257 e. The molecule has 164 valence electrons. The van der Waals surface area contributed by atoms with Gasteiger partial charge in [-0.2, -0.15) is 0 Å². The number of ether oxygens (including phenoxy) is 3. The first-order valence-electron chi connectivity index (χ1n) is 10.2. The predicted molar refractivity (Wildman–Crippen MR) is 113 cm³/mol. The van der Waals surface area contributed by atoms with Crippen molar-refractivity contribution >= 4 is 18.3 Å². The number of aliphatic hydroxyl groups is 1. The lowest BCUT2D eigenvalue weighted by Crippen LogP contribution is -2.53. The van der Waals surface area contributed by atoms with Gasteiger partial charge in [0.25, 0.3) is 5.91 Å². The Bertz CT molecular complexity index is 679. The number of halogens is 1. The van der Waals surface area contributed by atoms with Crippen molar-refractivity contribution in [2.75, 3.05) is 33.4 Å². The molecule has 0 bridgehead atoms. The van der Waals surface area contributed by atoms with Gasteiger partial charge in [0.15, 0.2) is 0 Å². The molecule has 2 aliphatic rings. The lowest BCUT2D eigenvalue weighted by molar-refractivity contribution is -0.179. The van der Waals surface area contributed by atoms with Gasteiger partial charge in [0.05, 0.1) is 30.5 Å². The summed E-state index contributed by atoms with van der Waals surface area (Å²) in [7, 11) is 1.58. The number of nitrogens with zero attached hydrogens (tertiary/aromatic N) is 1. The molecule has 3 N–H and O–H groups in total. The van der Waals surface area contributed by atoms with Crippen molar-refractivity contribution in [3.05, 3.63) is 23.8 Å². The second-order valence-electron chi connectivity index (χ2n) is 7.72. The second kappa shape index (κ2) is 10.5. The summed E-state index contributed by atoms with van der Waals surface area (Å²) in [6.45, 7) is 3.99. The number of hydrogen-bond acceptors (Lipinski definition) is 6. The first kappa shape index (κ1) is 23.7. The van der Waals surface area contributed by atoms with Gasteiger partial charge < -0.3 is 30.0 Å². The minimum absolute atomic E-state index is 0. The third-order valence-electron chi connectivity index (χ3n) is 5.77. The summed E-state index contributed by atoms with van der Waals surface area (Å²) < 4.78 is 17.2. The minimum atomic E-state index is -0.321. The number of nitrogens with two attached hydrogens (primary N) is 1. The van der Waals surface area contributed by atoms with Gasteiger partial charge in [-0.25, -0.2) is 0 Å². The standard InChI is InChI=1S/C21H32N2O5.ClH/c1-3-16-12-15(24)14-21(28-16)6-9-23(10-7-21)20(25)18-5-4-17(26-2)13-19(18)27-11-8-22;/h4-5,13,15-16,24H,3,6-12,14,22H2,1-2H3;1H/t15-,16+;/m1./s1. The van der Waals surface area contributed by atoms with Crippen LogP contribution in [0.5, 0.6) is 11.5 Å². The van der Waals surface area contributed by atoms with E-state index in [1.165, 1.54) is 0 Å². The minimum Gasteiger partial charge on any atom is -0.497 e. The van der Waals surface area contributed by atoms with E-state index in [9.17, 15) is 9.90 Å². The van der Waals surface area contributed by atoms with E-state index in [-0.39, 0.29) is 36.1 Å². The Morgan fingerprint density at radius 3 is 2.72 bits per heavy atom. The van der Waals surface area contributed by atoms with E-state index in [2.05, 4.69) is 6.92 Å². The molecule has 1 aromatic rings. The van der Waals surface area contributed by atoms with Crippen molar-refractivity contribution in [3.63, 3.8) is 0 Å². The second-order valence-corrected chi connectivity index (χ2v) is 7.72. The Labute approximate surface area is 178 Å². The molecule has 2 heterocycles. The average Bonchev–Trinajstić information content (AvgIpc) is 2.71. The van der Waals surface area contributed by atoms with Crippen LogP contribution in [0.3, 0.4) is 0 Å². The van der Waals surface area contributed by atoms with Crippen LogP contribution < -0.4 is 15.2 Å². The summed E-state index contributed by atoms with van der Waals surface area (Å²) in [6, 6.07) is 5.23. The molecule has 8 heteroatoms. The van der Waals surface area contributed by atoms with Crippen LogP contribution in [0, 0.1) is 0 Å². The van der Waals surface area contributed by atoms with Crippen LogP contribution in [0.15, 0.2) is 18.2 Å². The molecule has 2 fully saturated rings. The van der Waals surface area contributed by atoms with Gasteiger partial charge in [0.2, 0.25) is 0 Å². The van der Waals surface area contributed by atoms with Gasteiger partial charge in [-0.05, 0) is 37.8 Å². The number of amides is 1. The zero-order valence-electron chi connectivity index (χ0n) is 17.3. The lowest BCUT2D eigenvalue weighted by Gasteiger charge is -2.47. The maximum absolute atomic E-state index is 13.1. The van der Waals surface area contributed by atoms with Crippen LogP contribution in [0.2, 0.25) is 0 Å². The fraction of sp³-hybridized carbons (Fsp3) is 0.667. The first-order chi connectivity index (χ1) is 13.5. The summed E-state index contributed by atoms with van der Waals surface area (Å²) in [5.74, 6) is 1.06. The van der Waals surface area contributed by atoms with Crippen molar-refractivity contribution in [1.29, 1.82) is 0 Å². The van der Waals surface area contributed by atoms with E-state index in [1.807, 2.05) is 4.90 Å². The van der Waals surface area contributed by atoms with E-state index in [4.69, 9.17) is 19.9 Å². The smallest absolute Gasteiger partial charge is 0.257 e. The number of benzene rings is 1. The van der Waals surface area contributed by atoms with Gasteiger partial charge in [-0.15, -0.1) is 12.4 Å². The number of carbonyl (C=O) groups is 1. The van der Waals surface area contributed by atoms with E-state index in [1.54, 1.807) is 25.3 Å². The highest BCUT2D eigenvalue weighted by molar-refractivity contribution is 5.97. The molecule has 2 atom stereocenters. The van der Waals surface area contributed by atoms with Crippen molar-refractivity contribution in [3.8, 4) is 11.5 Å². The number of aliphatic hydroxyl groups excluding tert-OH is 1. The maximum atomic E-state index is 13.1. The molecule has 3 rings (SSSR count). The largest absolute Gasteiger partial charge is 0.497 e. The van der Waals surface area contributed by atoms with Crippen molar-refractivity contribution < 1.29 is 24.1 Å². The molecule has 2 saturated heterocycles. The monoisotopic (exact) mass is 428 g/mol. The average molecular weight is 429 g/mol. The number of piperidine rings is 1. The fourth-order valence-corrected chi connectivity index (χ4v) is 4.22. The molecule has 1 amide bonds. The van der Waals surface area contributed by atoms with E-state index in [0.717, 1.165) is 19.3 Å². The first-order valence-corrected chi connectivity index (χ1v) is 10.2. The van der Waals surface area contributed by atoms with Crippen molar-refractivity contribution in [2.24, 2.45) is 5.73 Å². The third kappa shape index (κ3) is 5.54. The molecular formula is C21H33ClN2O5. The van der Waals surface area contributed by atoms with Crippen LogP contribution in [0.4, 0.5) is 0 Å². The van der Waals surface area contributed by atoms with Crippen LogP contribution in [-0.2, 0) is 4.74 Å². The van der Waals surface area contributed by atoms with Crippen molar-refractivity contribution in [1.82, 2.24) is 4.90 Å². The van der Waals surface area contributed by atoms with Gasteiger partial charge in [0.1, 0.15) is 18.1 Å². The summed E-state index contributed by atoms with van der Waals surface area (Å²) in [4.78, 5) is 15.0. The zero-order valence-corrected chi connectivity index (χ0v) is 18.1. The number of carbonyl (C=O) groups excluding carboxylic acids is 1. The summed E-state index contributed by atoms with van der Waals surface area (Å²) in [5.41, 5.74) is 5.75. The Hall–Kier alpha value is -1.54. The number of rotatable bonds is 6. The zero-order chi connectivity index (χ0) is 20.1. The van der Waals surface area contributed by atoms with Crippen LogP contribution in [-0.4, -0.2) is 67.1 Å². The van der Waals surface area contributed by atoms with Gasteiger partial charge in [-0.3, -0.25) is 4.79 Å². The normalized spacial score (nSPS) is 23.4.